The number of nitrogens with two attached hydrogens (primary N) is 2. The first-order chi connectivity index (χ1) is 14.9. The quantitative estimate of drug-likeness (QED) is 0.202. The summed E-state index contributed by atoms with van der Waals surface area (Å²) in [5.74, 6) is -0.297. The molecule has 6 atom stereocenters. The molecule has 2 unspecified atom stereocenters. The Morgan fingerprint density at radius 2 is 1.82 bits per heavy atom. The molecule has 3 rings (SSSR count). The van der Waals surface area contributed by atoms with Crippen LogP contribution in [0.15, 0.2) is 12.1 Å². The van der Waals surface area contributed by atoms with E-state index in [9.17, 15) is 32.5 Å². The van der Waals surface area contributed by atoms with E-state index >= 15 is 0 Å². The smallest absolute Gasteiger partial charge is 0.385 e. The molecule has 1 fully saturated rings. The second kappa shape index (κ2) is 8.66. The highest BCUT2D eigenvalue weighted by molar-refractivity contribution is 7.66. The van der Waals surface area contributed by atoms with Crippen molar-refractivity contribution < 1.29 is 65.0 Å². The average Bonchev–Trinajstić information content (AvgIpc) is 3.12. The normalized spacial score (nSPS) is 29.8. The zero-order valence-corrected chi connectivity index (χ0v) is 18.5. The van der Waals surface area contributed by atoms with Crippen LogP contribution in [0.3, 0.4) is 0 Å². The first kappa shape index (κ1) is 26.2. The van der Waals surface area contributed by atoms with E-state index in [1.165, 1.54) is 12.1 Å². The lowest BCUT2D eigenvalue weighted by molar-refractivity contribution is -0.107. The maximum absolute atomic E-state index is 14.8. The molecule has 9 N–H and O–H groups in total. The van der Waals surface area contributed by atoms with E-state index in [-0.39, 0.29) is 17.0 Å². The summed E-state index contributed by atoms with van der Waals surface area (Å²) in [5, 5.41) is 13.6. The Morgan fingerprint density at radius 1 is 1.18 bits per heavy atom. The third kappa shape index (κ3) is 5.80. The Kier molecular flexibility index (Phi) is 6.87. The van der Waals surface area contributed by atoms with Gasteiger partial charge < -0.3 is 35.2 Å². The van der Waals surface area contributed by atoms with Crippen LogP contribution in [0.2, 0.25) is 0 Å². The summed E-state index contributed by atoms with van der Waals surface area (Å²) in [7, 11) is -17.1. The van der Waals surface area contributed by atoms with Gasteiger partial charge in [0.15, 0.2) is 17.7 Å². The van der Waals surface area contributed by atoms with Gasteiger partial charge in [-0.25, -0.2) is 22.6 Å². The topological polar surface area (TPSA) is 272 Å². The molecular weight excluding hydrogens is 525 g/mol. The van der Waals surface area contributed by atoms with Crippen molar-refractivity contribution in [3.63, 3.8) is 0 Å². The second-order valence-corrected chi connectivity index (χ2v) is 11.0. The zero-order chi connectivity index (χ0) is 25.0. The van der Waals surface area contributed by atoms with Crippen LogP contribution in [0, 0.1) is 6.08 Å². The molecule has 1 aliphatic heterocycles. The van der Waals surface area contributed by atoms with Crippen LogP contribution in [0.25, 0.3) is 5.52 Å². The molecule has 3 heterocycles. The highest BCUT2D eigenvalue weighted by Gasteiger charge is 2.56. The summed E-state index contributed by atoms with van der Waals surface area (Å²) < 4.78 is 79.6. The number of nitrogen functional groups attached to an aromatic ring is 1. The van der Waals surface area contributed by atoms with Crippen molar-refractivity contribution in [2.45, 2.75) is 24.1 Å². The number of anilines is 1. The fourth-order valence-corrected chi connectivity index (χ4v) is 5.92. The van der Waals surface area contributed by atoms with Gasteiger partial charge in [0.1, 0.15) is 24.3 Å². The third-order valence-electron chi connectivity index (χ3n) is 4.14. The van der Waals surface area contributed by atoms with Gasteiger partial charge in [-0.05, 0) is 12.1 Å². The van der Waals surface area contributed by atoms with Crippen LogP contribution in [0.4, 0.5) is 14.6 Å². The highest BCUT2D eigenvalue weighted by Crippen LogP contribution is 2.66. The van der Waals surface area contributed by atoms with Crippen molar-refractivity contribution >= 4 is 34.8 Å². The Hall–Kier alpha value is -1.43. The number of aliphatic hydroxyl groups excluding tert-OH is 1. The number of rotatable bonds is 8. The number of phosphoric acid groups is 3. The molecule has 2 aromatic heterocycles. The molecule has 0 radical (unpaired) electrons. The molecule has 0 bridgehead atoms. The first-order valence-corrected chi connectivity index (χ1v) is 12.8. The molecule has 0 amide bonds. The summed E-state index contributed by atoms with van der Waals surface area (Å²) in [6.45, 7) is -1.34. The molecule has 0 spiro atoms. The van der Waals surface area contributed by atoms with E-state index in [0.29, 0.717) is 0 Å². The highest BCUT2D eigenvalue weighted by atomic mass is 31.3. The monoisotopic (exact) mass is 541 g/mol. The van der Waals surface area contributed by atoms with Crippen molar-refractivity contribution in [2.75, 3.05) is 12.3 Å². The van der Waals surface area contributed by atoms with E-state index in [2.05, 4.69) is 23.2 Å². The van der Waals surface area contributed by atoms with Gasteiger partial charge >= 0.3 is 29.5 Å². The Balaban J connectivity index is 1.78. The molecule has 1 saturated heterocycles. The van der Waals surface area contributed by atoms with Gasteiger partial charge in [-0.1, -0.05) is 0 Å². The standard InChI is InChI=1S/C11H16F2N5O12P3/c12-6-7(4-1-2-5-9(14)16-10(13)17-18(4)5)28-11(15,8(6)19)3-27-32(23,24)30-33(25,26)29-31(20,21)22/h1-2,6-8,19H,3,15H2,(H,23,24)(H,25,26)(H2,14,16,17)(H2,20,21,22)/t6-,7-,8-,11+/m0/s1. The summed E-state index contributed by atoms with van der Waals surface area (Å²) in [5.41, 5.74) is 8.56. The summed E-state index contributed by atoms with van der Waals surface area (Å²) in [6.07, 6.45) is -7.55. The van der Waals surface area contributed by atoms with Crippen LogP contribution >= 0.6 is 23.5 Å². The molecule has 17 nitrogen and oxygen atoms in total. The fraction of sp³-hybridized carbons (Fsp3) is 0.455. The van der Waals surface area contributed by atoms with Crippen LogP contribution in [-0.4, -0.2) is 63.9 Å². The minimum atomic E-state index is -5.82. The van der Waals surface area contributed by atoms with Crippen LogP contribution in [0.5, 0.6) is 0 Å². The van der Waals surface area contributed by atoms with E-state index in [0.717, 1.165) is 4.52 Å². The van der Waals surface area contributed by atoms with Crippen molar-refractivity contribution in [3.8, 4) is 0 Å². The van der Waals surface area contributed by atoms with E-state index in [4.69, 9.17) is 30.9 Å². The SMILES string of the molecule is Nc1nc(F)nn2c([C@@H]3O[C@](N)(COP(=O)(O)OP(=O)(O)OP(=O)(O)O)[C@@H](O)[C@H]3F)ccc12. The van der Waals surface area contributed by atoms with Gasteiger partial charge in [-0.3, -0.25) is 10.3 Å². The summed E-state index contributed by atoms with van der Waals surface area (Å²) in [6, 6.07) is 2.49. The number of hydrogen-bond donors (Lipinski definition) is 7. The third-order valence-corrected chi connectivity index (χ3v) is 7.92. The van der Waals surface area contributed by atoms with Crippen molar-refractivity contribution in [1.82, 2.24) is 14.6 Å². The van der Waals surface area contributed by atoms with E-state index in [1.54, 1.807) is 0 Å². The van der Waals surface area contributed by atoms with Gasteiger partial charge in [0.2, 0.25) is 0 Å². The number of alkyl halides is 1. The number of hydrogen-bond acceptors (Lipinski definition) is 12. The molecule has 2 aromatic rings. The van der Waals surface area contributed by atoms with Gasteiger partial charge in [0.25, 0.3) is 0 Å². The largest absolute Gasteiger partial charge is 0.490 e. The van der Waals surface area contributed by atoms with Crippen LogP contribution in [0.1, 0.15) is 11.8 Å². The lowest BCUT2D eigenvalue weighted by atomic mass is 10.0. The predicted octanol–water partition coefficient (Wildman–Crippen LogP) is -0.781. The minimum absolute atomic E-state index is 0.0551. The number of aromatic nitrogens is 3. The van der Waals surface area contributed by atoms with Crippen molar-refractivity contribution in [3.05, 3.63) is 23.9 Å². The molecule has 0 aliphatic carbocycles. The molecule has 1 aliphatic rings. The summed E-state index contributed by atoms with van der Waals surface area (Å²) >= 11 is 0. The maximum atomic E-state index is 14.8. The molecular formula is C11H16F2N5O12P3. The van der Waals surface area contributed by atoms with E-state index in [1.807, 2.05) is 0 Å². The average molecular weight is 541 g/mol. The second-order valence-electron chi connectivity index (χ2n) is 6.57. The number of phosphoric ester groups is 1. The van der Waals surface area contributed by atoms with Gasteiger partial charge in [-0.2, -0.15) is 18.0 Å². The molecule has 186 valence electrons. The van der Waals surface area contributed by atoms with Gasteiger partial charge in [-0.15, -0.1) is 5.10 Å². The van der Waals surface area contributed by atoms with E-state index < -0.39 is 60.3 Å². The Bertz CT molecular complexity index is 1210. The maximum Gasteiger partial charge on any atom is 0.490 e. The van der Waals surface area contributed by atoms with Gasteiger partial charge in [0, 0.05) is 0 Å². The number of ether oxygens (including phenoxy) is 1. The molecule has 0 aromatic carbocycles. The lowest BCUT2D eigenvalue weighted by Gasteiger charge is -2.27. The first-order valence-electron chi connectivity index (χ1n) is 8.31. The molecule has 33 heavy (non-hydrogen) atoms. The van der Waals surface area contributed by atoms with Crippen LogP contribution in [-0.2, 0) is 31.6 Å². The lowest BCUT2D eigenvalue weighted by Crippen LogP contribution is -2.54. The molecule has 0 saturated carbocycles. The zero-order valence-electron chi connectivity index (χ0n) is 15.8. The summed E-state index contributed by atoms with van der Waals surface area (Å²) in [4.78, 5) is 38.9. The Morgan fingerprint density at radius 3 is 2.42 bits per heavy atom. The number of fused-ring (bicyclic) bond motifs is 1. The van der Waals surface area contributed by atoms with Crippen LogP contribution < -0.4 is 11.5 Å². The number of halogens is 2. The predicted molar refractivity (Wildman–Crippen MR) is 98.8 cm³/mol. The van der Waals surface area contributed by atoms with Gasteiger partial charge in [0.05, 0.1) is 5.69 Å². The van der Waals surface area contributed by atoms with Crippen molar-refractivity contribution in [2.24, 2.45) is 5.73 Å². The number of aliphatic hydroxyl groups is 1. The number of nitrogens with zero attached hydrogens (tertiary/aromatic N) is 3. The minimum Gasteiger partial charge on any atom is -0.385 e. The Labute approximate surface area is 181 Å². The van der Waals surface area contributed by atoms with Crippen molar-refractivity contribution in [1.29, 1.82) is 0 Å². The molecule has 22 heteroatoms. The fourth-order valence-electron chi connectivity index (χ4n) is 2.86.